The predicted octanol–water partition coefficient (Wildman–Crippen LogP) is 0.713. The Hall–Kier alpha value is -1.20. The number of anilines is 1. The average Bonchev–Trinajstić information content (AvgIpc) is 2.39. The van der Waals surface area contributed by atoms with Crippen molar-refractivity contribution in [1.82, 2.24) is 14.9 Å². The molecule has 0 radical (unpaired) electrons. The largest absolute Gasteiger partial charge is 0.353 e. The lowest BCUT2D eigenvalue weighted by molar-refractivity contribution is 0.231. The second-order valence-corrected chi connectivity index (χ2v) is 5.25. The van der Waals surface area contributed by atoms with Gasteiger partial charge in [0.05, 0.1) is 18.1 Å². The summed E-state index contributed by atoms with van der Waals surface area (Å²) in [4.78, 5) is 13.5. The molecule has 1 aliphatic heterocycles. The third-order valence-electron chi connectivity index (χ3n) is 3.22. The van der Waals surface area contributed by atoms with Gasteiger partial charge in [0.1, 0.15) is 5.82 Å². The molecule has 5 heteroatoms. The molecule has 5 nitrogen and oxygen atoms in total. The van der Waals surface area contributed by atoms with Crippen molar-refractivity contribution in [1.29, 1.82) is 0 Å². The van der Waals surface area contributed by atoms with Gasteiger partial charge in [-0.2, -0.15) is 0 Å². The molecule has 1 saturated heterocycles. The van der Waals surface area contributed by atoms with Gasteiger partial charge in [0.2, 0.25) is 0 Å². The van der Waals surface area contributed by atoms with Crippen molar-refractivity contribution < 1.29 is 0 Å². The number of nitrogens with zero attached hydrogens (tertiary/aromatic N) is 4. The second kappa shape index (κ2) is 6.11. The van der Waals surface area contributed by atoms with E-state index in [1.807, 2.05) is 6.20 Å². The van der Waals surface area contributed by atoms with E-state index < -0.39 is 0 Å². The molecule has 100 valence electrons. The Morgan fingerprint density at radius 3 is 2.39 bits per heavy atom. The Kier molecular flexibility index (Phi) is 4.49. The van der Waals surface area contributed by atoms with Gasteiger partial charge in [0.15, 0.2) is 0 Å². The van der Waals surface area contributed by atoms with Crippen molar-refractivity contribution in [3.8, 4) is 0 Å². The lowest BCUT2D eigenvalue weighted by Crippen LogP contribution is -2.47. The van der Waals surface area contributed by atoms with Crippen LogP contribution in [0, 0.1) is 5.92 Å². The van der Waals surface area contributed by atoms with Crippen LogP contribution in [0.4, 0.5) is 5.82 Å². The number of aromatic nitrogens is 2. The van der Waals surface area contributed by atoms with Gasteiger partial charge in [-0.3, -0.25) is 9.88 Å². The molecule has 0 bridgehead atoms. The van der Waals surface area contributed by atoms with Gasteiger partial charge in [-0.05, 0) is 5.92 Å². The topological polar surface area (TPSA) is 58.3 Å². The normalized spacial score (nSPS) is 17.4. The van der Waals surface area contributed by atoms with E-state index in [1.165, 1.54) is 6.54 Å². The maximum absolute atomic E-state index is 5.52. The highest BCUT2D eigenvalue weighted by atomic mass is 15.3. The fourth-order valence-corrected chi connectivity index (χ4v) is 2.29. The molecular weight excluding hydrogens is 226 g/mol. The minimum Gasteiger partial charge on any atom is -0.353 e. The maximum Gasteiger partial charge on any atom is 0.147 e. The average molecular weight is 249 g/mol. The lowest BCUT2D eigenvalue weighted by atomic mass is 10.2. The molecule has 0 aromatic carbocycles. The van der Waals surface area contributed by atoms with Crippen LogP contribution in [0.1, 0.15) is 19.5 Å². The van der Waals surface area contributed by atoms with Gasteiger partial charge < -0.3 is 10.6 Å². The first kappa shape index (κ1) is 13.2. The smallest absolute Gasteiger partial charge is 0.147 e. The van der Waals surface area contributed by atoms with Crippen LogP contribution in [0.3, 0.4) is 0 Å². The molecule has 18 heavy (non-hydrogen) atoms. The summed E-state index contributed by atoms with van der Waals surface area (Å²) in [6.07, 6.45) is 3.61. The van der Waals surface area contributed by atoms with E-state index in [-0.39, 0.29) is 0 Å². The van der Waals surface area contributed by atoms with Crippen molar-refractivity contribution in [2.45, 2.75) is 20.4 Å². The van der Waals surface area contributed by atoms with Crippen LogP contribution in [0.15, 0.2) is 12.4 Å². The van der Waals surface area contributed by atoms with Gasteiger partial charge in [-0.15, -0.1) is 0 Å². The highest BCUT2D eigenvalue weighted by Gasteiger charge is 2.18. The predicted molar refractivity (Wildman–Crippen MR) is 73.4 cm³/mol. The number of hydrogen-bond acceptors (Lipinski definition) is 5. The van der Waals surface area contributed by atoms with E-state index in [9.17, 15) is 0 Å². The van der Waals surface area contributed by atoms with Gasteiger partial charge in [0, 0.05) is 39.3 Å². The van der Waals surface area contributed by atoms with E-state index >= 15 is 0 Å². The van der Waals surface area contributed by atoms with Crippen LogP contribution in [0.2, 0.25) is 0 Å². The van der Waals surface area contributed by atoms with Crippen LogP contribution in [0.5, 0.6) is 0 Å². The molecule has 1 fully saturated rings. The maximum atomic E-state index is 5.52. The number of rotatable bonds is 4. The first-order valence-electron chi connectivity index (χ1n) is 6.67. The summed E-state index contributed by atoms with van der Waals surface area (Å²) in [5.41, 5.74) is 6.36. The summed E-state index contributed by atoms with van der Waals surface area (Å²) >= 11 is 0. The SMILES string of the molecule is CC(C)CN1CCN(c2cnc(CN)cn2)CC1. The van der Waals surface area contributed by atoms with Crippen LogP contribution in [-0.4, -0.2) is 47.6 Å². The Balaban J connectivity index is 1.88. The lowest BCUT2D eigenvalue weighted by Gasteiger charge is -2.36. The van der Waals surface area contributed by atoms with Gasteiger partial charge >= 0.3 is 0 Å². The van der Waals surface area contributed by atoms with E-state index in [4.69, 9.17) is 5.73 Å². The summed E-state index contributed by atoms with van der Waals surface area (Å²) < 4.78 is 0. The van der Waals surface area contributed by atoms with Gasteiger partial charge in [-0.25, -0.2) is 4.98 Å². The van der Waals surface area contributed by atoms with Crippen LogP contribution >= 0.6 is 0 Å². The molecule has 2 N–H and O–H groups in total. The number of nitrogens with two attached hydrogens (primary N) is 1. The van der Waals surface area contributed by atoms with E-state index in [1.54, 1.807) is 6.20 Å². The summed E-state index contributed by atoms with van der Waals surface area (Å²) in [6, 6.07) is 0. The van der Waals surface area contributed by atoms with E-state index in [0.29, 0.717) is 6.54 Å². The zero-order chi connectivity index (χ0) is 13.0. The zero-order valence-corrected chi connectivity index (χ0v) is 11.3. The standard InChI is InChI=1S/C13H23N5/c1-11(2)10-17-3-5-18(6-4-17)13-9-15-12(7-14)8-16-13/h8-9,11H,3-7,10,14H2,1-2H3. The van der Waals surface area contributed by atoms with Crippen molar-refractivity contribution in [3.05, 3.63) is 18.1 Å². The molecule has 0 amide bonds. The fourth-order valence-electron chi connectivity index (χ4n) is 2.29. The van der Waals surface area contributed by atoms with Crippen LogP contribution < -0.4 is 10.6 Å². The Bertz CT molecular complexity index is 354. The molecular formula is C13H23N5. The van der Waals surface area contributed by atoms with Crippen LogP contribution in [0.25, 0.3) is 0 Å². The second-order valence-electron chi connectivity index (χ2n) is 5.25. The molecule has 0 aliphatic carbocycles. The van der Waals surface area contributed by atoms with E-state index in [2.05, 4.69) is 33.6 Å². The third kappa shape index (κ3) is 3.40. The van der Waals surface area contributed by atoms with Crippen molar-refractivity contribution >= 4 is 5.82 Å². The van der Waals surface area contributed by atoms with Crippen LogP contribution in [-0.2, 0) is 6.54 Å². The van der Waals surface area contributed by atoms with Crippen molar-refractivity contribution in [2.75, 3.05) is 37.6 Å². The molecule has 0 spiro atoms. The molecule has 2 rings (SSSR count). The molecule has 1 aromatic rings. The minimum atomic E-state index is 0.454. The number of hydrogen-bond donors (Lipinski definition) is 1. The van der Waals surface area contributed by atoms with Crippen molar-refractivity contribution in [3.63, 3.8) is 0 Å². The van der Waals surface area contributed by atoms with Gasteiger partial charge in [0.25, 0.3) is 0 Å². The molecule has 0 atom stereocenters. The highest BCUT2D eigenvalue weighted by Crippen LogP contribution is 2.13. The fraction of sp³-hybridized carbons (Fsp3) is 0.692. The molecule has 0 unspecified atom stereocenters. The van der Waals surface area contributed by atoms with E-state index in [0.717, 1.165) is 43.6 Å². The Morgan fingerprint density at radius 2 is 1.89 bits per heavy atom. The highest BCUT2D eigenvalue weighted by molar-refractivity contribution is 5.36. The van der Waals surface area contributed by atoms with Gasteiger partial charge in [-0.1, -0.05) is 13.8 Å². The molecule has 0 saturated carbocycles. The molecule has 2 heterocycles. The molecule has 1 aliphatic rings. The Morgan fingerprint density at radius 1 is 1.17 bits per heavy atom. The zero-order valence-electron chi connectivity index (χ0n) is 11.3. The monoisotopic (exact) mass is 249 g/mol. The molecule has 1 aromatic heterocycles. The summed E-state index contributed by atoms with van der Waals surface area (Å²) in [5, 5.41) is 0. The number of piperazine rings is 1. The summed E-state index contributed by atoms with van der Waals surface area (Å²) in [5.74, 6) is 1.71. The Labute approximate surface area is 109 Å². The minimum absolute atomic E-state index is 0.454. The summed E-state index contributed by atoms with van der Waals surface area (Å²) in [6.45, 7) is 10.5. The first-order chi connectivity index (χ1) is 8.69. The summed E-state index contributed by atoms with van der Waals surface area (Å²) in [7, 11) is 0. The first-order valence-corrected chi connectivity index (χ1v) is 6.67. The quantitative estimate of drug-likeness (QED) is 0.852. The van der Waals surface area contributed by atoms with Crippen molar-refractivity contribution in [2.24, 2.45) is 11.7 Å². The third-order valence-corrected chi connectivity index (χ3v) is 3.22.